The van der Waals surface area contributed by atoms with Crippen molar-refractivity contribution >= 4 is 24.0 Å². The first-order valence-corrected chi connectivity index (χ1v) is 11.8. The molecule has 9 heteroatoms. The number of nitrogens with zero attached hydrogens (tertiary/aromatic N) is 2. The largest absolute Gasteiger partial charge is 0.345 e. The van der Waals surface area contributed by atoms with Crippen LogP contribution in [0.2, 0.25) is 0 Å². The van der Waals surface area contributed by atoms with Crippen molar-refractivity contribution in [2.24, 2.45) is 5.92 Å². The van der Waals surface area contributed by atoms with Crippen molar-refractivity contribution in [3.63, 3.8) is 0 Å². The normalized spacial score (nSPS) is 19.3. The van der Waals surface area contributed by atoms with Crippen molar-refractivity contribution in [1.82, 2.24) is 25.8 Å². The molecule has 4 atom stereocenters. The Morgan fingerprint density at radius 3 is 2.38 bits per heavy atom. The Labute approximate surface area is 193 Å². The number of carbonyl (C=O) groups is 4. The molecular formula is C23H43N5O4. The first-order valence-electron chi connectivity index (χ1n) is 11.8. The number of carbonyl (C=O) groups excluding carboxylic acids is 4. The maximum atomic E-state index is 13.1. The van der Waals surface area contributed by atoms with Gasteiger partial charge in [-0.15, -0.1) is 0 Å². The lowest BCUT2D eigenvalue weighted by Crippen LogP contribution is -2.56. The lowest BCUT2D eigenvalue weighted by Gasteiger charge is -2.31. The van der Waals surface area contributed by atoms with Crippen LogP contribution in [0.25, 0.3) is 0 Å². The maximum Gasteiger partial charge on any atom is 0.245 e. The second-order valence-corrected chi connectivity index (χ2v) is 9.31. The third kappa shape index (κ3) is 8.86. The van der Waals surface area contributed by atoms with E-state index in [1.165, 1.54) is 4.90 Å². The molecule has 0 saturated carbocycles. The molecule has 184 valence electrons. The number of aldehydes is 1. The van der Waals surface area contributed by atoms with Gasteiger partial charge in [-0.1, -0.05) is 13.8 Å². The number of unbranched alkanes of at least 4 members (excludes halogenated alkanes) is 1. The van der Waals surface area contributed by atoms with Crippen molar-refractivity contribution < 1.29 is 19.2 Å². The van der Waals surface area contributed by atoms with Crippen LogP contribution in [-0.2, 0) is 19.2 Å². The van der Waals surface area contributed by atoms with Crippen molar-refractivity contribution in [3.05, 3.63) is 0 Å². The lowest BCUT2D eigenvalue weighted by atomic mass is 10.0. The van der Waals surface area contributed by atoms with Crippen LogP contribution in [0.3, 0.4) is 0 Å². The number of likely N-dealkylation sites (N-methyl/N-ethyl adjacent to an activating group) is 2. The van der Waals surface area contributed by atoms with Crippen LogP contribution >= 0.6 is 0 Å². The molecule has 3 N–H and O–H groups in total. The van der Waals surface area contributed by atoms with E-state index in [9.17, 15) is 19.2 Å². The van der Waals surface area contributed by atoms with Gasteiger partial charge < -0.3 is 25.6 Å². The Bertz CT molecular complexity index is 628. The third-order valence-corrected chi connectivity index (χ3v) is 6.04. The molecule has 1 aliphatic heterocycles. The molecule has 0 radical (unpaired) electrons. The number of hydrogen-bond donors (Lipinski definition) is 3. The number of likely N-dealkylation sites (tertiary alicyclic amines) is 1. The fourth-order valence-electron chi connectivity index (χ4n) is 4.15. The van der Waals surface area contributed by atoms with Gasteiger partial charge in [0.2, 0.25) is 17.7 Å². The average molecular weight is 454 g/mol. The summed E-state index contributed by atoms with van der Waals surface area (Å²) in [7, 11) is 5.36. The van der Waals surface area contributed by atoms with Crippen LogP contribution in [0.1, 0.15) is 59.3 Å². The summed E-state index contributed by atoms with van der Waals surface area (Å²) in [6, 6.07) is -2.25. The quantitative estimate of drug-likeness (QED) is 0.261. The molecule has 0 bridgehead atoms. The molecule has 1 fully saturated rings. The molecule has 32 heavy (non-hydrogen) atoms. The Morgan fingerprint density at radius 2 is 1.84 bits per heavy atom. The van der Waals surface area contributed by atoms with Crippen molar-refractivity contribution in [3.8, 4) is 0 Å². The first kappa shape index (κ1) is 28.0. The fourth-order valence-corrected chi connectivity index (χ4v) is 4.15. The van der Waals surface area contributed by atoms with Gasteiger partial charge in [0.15, 0.2) is 0 Å². The highest BCUT2D eigenvalue weighted by Crippen LogP contribution is 2.15. The van der Waals surface area contributed by atoms with Crippen LogP contribution in [0.15, 0.2) is 0 Å². The second-order valence-electron chi connectivity index (χ2n) is 9.31. The summed E-state index contributed by atoms with van der Waals surface area (Å²) >= 11 is 0. The van der Waals surface area contributed by atoms with Crippen molar-refractivity contribution in [1.29, 1.82) is 0 Å². The van der Waals surface area contributed by atoms with Gasteiger partial charge in [-0.25, -0.2) is 0 Å². The number of amides is 3. The summed E-state index contributed by atoms with van der Waals surface area (Å²) in [5, 5.41) is 8.68. The molecule has 9 nitrogen and oxygen atoms in total. The monoisotopic (exact) mass is 453 g/mol. The van der Waals surface area contributed by atoms with E-state index in [1.54, 1.807) is 14.0 Å². The van der Waals surface area contributed by atoms with Crippen molar-refractivity contribution in [2.45, 2.75) is 83.5 Å². The molecule has 1 saturated heterocycles. The summed E-state index contributed by atoms with van der Waals surface area (Å²) < 4.78 is 0. The maximum absolute atomic E-state index is 13.1. The Kier molecular flexibility index (Phi) is 12.4. The highest BCUT2D eigenvalue weighted by Gasteiger charge is 2.33. The zero-order valence-electron chi connectivity index (χ0n) is 20.6. The highest BCUT2D eigenvalue weighted by atomic mass is 16.2. The molecule has 1 rings (SSSR count). The topological polar surface area (TPSA) is 111 Å². The van der Waals surface area contributed by atoms with E-state index in [0.717, 1.165) is 45.1 Å². The van der Waals surface area contributed by atoms with E-state index in [1.807, 2.05) is 32.8 Å². The van der Waals surface area contributed by atoms with Gasteiger partial charge in [0, 0.05) is 7.05 Å². The van der Waals surface area contributed by atoms with Gasteiger partial charge in [-0.05, 0) is 78.6 Å². The molecule has 1 heterocycles. The van der Waals surface area contributed by atoms with E-state index in [4.69, 9.17) is 0 Å². The third-order valence-electron chi connectivity index (χ3n) is 6.04. The minimum absolute atomic E-state index is 0.160. The van der Waals surface area contributed by atoms with Gasteiger partial charge in [-0.2, -0.15) is 0 Å². The predicted octanol–water partition coefficient (Wildman–Crippen LogP) is 0.532. The smallest absolute Gasteiger partial charge is 0.245 e. The molecule has 0 aromatic rings. The Hall–Kier alpha value is -2.00. The van der Waals surface area contributed by atoms with E-state index in [-0.39, 0.29) is 29.7 Å². The first-order chi connectivity index (χ1) is 15.1. The highest BCUT2D eigenvalue weighted by molar-refractivity contribution is 5.93. The minimum atomic E-state index is -0.744. The van der Waals surface area contributed by atoms with Crippen LogP contribution in [-0.4, -0.2) is 92.2 Å². The number of nitrogens with one attached hydrogen (secondary N) is 3. The fraction of sp³-hybridized carbons (Fsp3) is 0.826. The average Bonchev–Trinajstić information content (AvgIpc) is 3.17. The van der Waals surface area contributed by atoms with Gasteiger partial charge in [0.05, 0.1) is 12.1 Å². The predicted molar refractivity (Wildman–Crippen MR) is 125 cm³/mol. The summed E-state index contributed by atoms with van der Waals surface area (Å²) in [6.07, 6.45) is 5.12. The van der Waals surface area contributed by atoms with E-state index in [0.29, 0.717) is 12.8 Å². The van der Waals surface area contributed by atoms with Crippen LogP contribution in [0.4, 0.5) is 0 Å². The Morgan fingerprint density at radius 1 is 1.16 bits per heavy atom. The van der Waals surface area contributed by atoms with Crippen LogP contribution < -0.4 is 16.0 Å². The summed E-state index contributed by atoms with van der Waals surface area (Å²) in [5.41, 5.74) is 0. The lowest BCUT2D eigenvalue weighted by molar-refractivity contribution is -0.142. The number of rotatable bonds is 14. The molecule has 0 spiro atoms. The molecular weight excluding hydrogens is 410 g/mol. The van der Waals surface area contributed by atoms with Crippen LogP contribution in [0.5, 0.6) is 0 Å². The standard InChI is InChI=1S/C23H43N5O4/c1-16(2)14-18(15-29)26-22(31)20(10-7-8-12-24-4)28(6)23(32)17(3)25-21(30)19-11-9-13-27(19)5/h15-20,24H,7-14H2,1-6H3,(H,25,30)(H,26,31)/t17-,18-,19?,20?/m0/s1. The SMILES string of the molecule is CNCCCCC(C(=O)N[C@H](C=O)CC(C)C)N(C)C(=O)[C@H](C)NC(=O)C1CCCN1C. The summed E-state index contributed by atoms with van der Waals surface area (Å²) in [4.78, 5) is 53.5. The molecule has 0 aliphatic carbocycles. The summed E-state index contributed by atoms with van der Waals surface area (Å²) in [6.45, 7) is 7.30. The zero-order valence-corrected chi connectivity index (χ0v) is 20.6. The van der Waals surface area contributed by atoms with Crippen molar-refractivity contribution in [2.75, 3.05) is 34.2 Å². The number of hydrogen-bond acceptors (Lipinski definition) is 6. The van der Waals surface area contributed by atoms with Crippen LogP contribution in [0, 0.1) is 5.92 Å². The molecule has 2 unspecified atom stereocenters. The van der Waals surface area contributed by atoms with E-state index in [2.05, 4.69) is 16.0 Å². The Balaban J connectivity index is 2.83. The molecule has 1 aliphatic rings. The van der Waals surface area contributed by atoms with Gasteiger partial charge in [0.1, 0.15) is 18.4 Å². The van der Waals surface area contributed by atoms with Gasteiger partial charge >= 0.3 is 0 Å². The minimum Gasteiger partial charge on any atom is -0.345 e. The van der Waals surface area contributed by atoms with E-state index < -0.39 is 18.1 Å². The molecule has 0 aromatic heterocycles. The van der Waals surface area contributed by atoms with Gasteiger partial charge in [-0.3, -0.25) is 19.3 Å². The molecule has 0 aromatic carbocycles. The van der Waals surface area contributed by atoms with Gasteiger partial charge in [0.25, 0.3) is 0 Å². The second kappa shape index (κ2) is 14.2. The summed E-state index contributed by atoms with van der Waals surface area (Å²) in [5.74, 6) is -0.563. The van der Waals surface area contributed by atoms with E-state index >= 15 is 0 Å². The molecule has 3 amide bonds. The zero-order chi connectivity index (χ0) is 24.3.